The Kier molecular flexibility index (Phi) is 3.55. The number of fused-ring (bicyclic) bond motifs is 1. The molecule has 0 saturated heterocycles. The maximum Gasteiger partial charge on any atom is 0.256 e. The molecule has 1 amide bonds. The van der Waals surface area contributed by atoms with Crippen LogP contribution in [0.15, 0.2) is 48.8 Å². The molecule has 3 aromatic rings. The Hall–Kier alpha value is -2.82. The average molecular weight is 294 g/mol. The fourth-order valence-corrected chi connectivity index (χ4v) is 2.26. The second-order valence-corrected chi connectivity index (χ2v) is 5.49. The van der Waals surface area contributed by atoms with E-state index < -0.39 is 0 Å². The predicted octanol–water partition coefficient (Wildman–Crippen LogP) is 2.96. The molecule has 0 radical (unpaired) electrons. The van der Waals surface area contributed by atoms with Gasteiger partial charge in [-0.3, -0.25) is 4.79 Å². The summed E-state index contributed by atoms with van der Waals surface area (Å²) in [5, 5.41) is 2.83. The van der Waals surface area contributed by atoms with Gasteiger partial charge in [-0.15, -0.1) is 0 Å². The normalized spacial score (nSPS) is 10.7. The first-order chi connectivity index (χ1) is 10.5. The third-order valence-electron chi connectivity index (χ3n) is 3.49. The van der Waals surface area contributed by atoms with E-state index >= 15 is 0 Å². The zero-order valence-corrected chi connectivity index (χ0v) is 12.9. The number of carbonyl (C=O) groups excluding carboxylic acids is 1. The Morgan fingerprint density at radius 1 is 1.09 bits per heavy atom. The number of hydrogen-bond acceptors (Lipinski definition) is 3. The number of amides is 1. The van der Waals surface area contributed by atoms with Crippen molar-refractivity contribution in [1.82, 2.24) is 9.38 Å². The number of carbonyl (C=O) groups is 1. The molecule has 0 atom stereocenters. The van der Waals surface area contributed by atoms with Gasteiger partial charge in [0.15, 0.2) is 5.82 Å². The molecule has 1 N–H and O–H groups in total. The summed E-state index contributed by atoms with van der Waals surface area (Å²) in [6, 6.07) is 11.4. The Morgan fingerprint density at radius 2 is 1.82 bits per heavy atom. The average Bonchev–Trinajstić information content (AvgIpc) is 2.88. The molecule has 2 heterocycles. The molecule has 0 saturated carbocycles. The molecule has 0 aliphatic heterocycles. The van der Waals surface area contributed by atoms with Gasteiger partial charge in [0.2, 0.25) is 0 Å². The smallest absolute Gasteiger partial charge is 0.256 e. The quantitative estimate of drug-likeness (QED) is 0.808. The highest BCUT2D eigenvalue weighted by Gasteiger charge is 2.09. The standard InChI is InChI=1S/C17H18N4O/c1-12-4-9-16-18-15(11-21(16)10-12)19-17(22)13-5-7-14(8-6-13)20(2)3/h4-11H,1-3H3,(H,19,22). The lowest BCUT2D eigenvalue weighted by molar-refractivity contribution is 0.102. The van der Waals surface area contributed by atoms with Crippen LogP contribution in [0.5, 0.6) is 0 Å². The Labute approximate surface area is 129 Å². The van der Waals surface area contributed by atoms with Crippen LogP contribution in [0.25, 0.3) is 5.65 Å². The van der Waals surface area contributed by atoms with E-state index in [0.717, 1.165) is 16.9 Å². The highest BCUT2D eigenvalue weighted by molar-refractivity contribution is 6.04. The van der Waals surface area contributed by atoms with Crippen LogP contribution in [0.1, 0.15) is 15.9 Å². The number of pyridine rings is 1. The summed E-state index contributed by atoms with van der Waals surface area (Å²) in [5.41, 5.74) is 3.62. The number of nitrogens with one attached hydrogen (secondary N) is 1. The van der Waals surface area contributed by atoms with Crippen LogP contribution in [0.2, 0.25) is 0 Å². The van der Waals surface area contributed by atoms with Gasteiger partial charge in [0.25, 0.3) is 5.91 Å². The number of imidazole rings is 1. The number of aromatic nitrogens is 2. The van der Waals surface area contributed by atoms with Crippen molar-refractivity contribution in [3.05, 3.63) is 59.9 Å². The SMILES string of the molecule is Cc1ccc2nc(NC(=O)c3ccc(N(C)C)cc3)cn2c1. The second kappa shape index (κ2) is 5.52. The Morgan fingerprint density at radius 3 is 2.50 bits per heavy atom. The molecule has 0 fully saturated rings. The van der Waals surface area contributed by atoms with Crippen LogP contribution < -0.4 is 10.2 Å². The highest BCUT2D eigenvalue weighted by Crippen LogP contribution is 2.15. The van der Waals surface area contributed by atoms with Crippen molar-refractivity contribution < 1.29 is 4.79 Å². The number of benzene rings is 1. The minimum Gasteiger partial charge on any atom is -0.378 e. The van der Waals surface area contributed by atoms with E-state index in [9.17, 15) is 4.79 Å². The molecular weight excluding hydrogens is 276 g/mol. The topological polar surface area (TPSA) is 49.6 Å². The van der Waals surface area contributed by atoms with Gasteiger partial charge in [-0.25, -0.2) is 4.98 Å². The van der Waals surface area contributed by atoms with Crippen molar-refractivity contribution in [2.75, 3.05) is 24.3 Å². The molecule has 5 nitrogen and oxygen atoms in total. The zero-order chi connectivity index (χ0) is 15.7. The van der Waals surface area contributed by atoms with E-state index in [1.54, 1.807) is 0 Å². The van der Waals surface area contributed by atoms with E-state index in [4.69, 9.17) is 0 Å². The summed E-state index contributed by atoms with van der Waals surface area (Å²) >= 11 is 0. The molecule has 5 heteroatoms. The van der Waals surface area contributed by atoms with Gasteiger partial charge in [0.1, 0.15) is 5.65 Å². The van der Waals surface area contributed by atoms with E-state index in [0.29, 0.717) is 11.4 Å². The van der Waals surface area contributed by atoms with E-state index in [1.807, 2.05) is 79.1 Å². The molecule has 22 heavy (non-hydrogen) atoms. The van der Waals surface area contributed by atoms with Gasteiger partial charge in [0, 0.05) is 31.5 Å². The van der Waals surface area contributed by atoms with E-state index in [2.05, 4.69) is 10.3 Å². The summed E-state index contributed by atoms with van der Waals surface area (Å²) in [6.07, 6.45) is 3.79. The van der Waals surface area contributed by atoms with Crippen LogP contribution in [0.3, 0.4) is 0 Å². The lowest BCUT2D eigenvalue weighted by Crippen LogP contribution is -2.13. The monoisotopic (exact) mass is 294 g/mol. The second-order valence-electron chi connectivity index (χ2n) is 5.49. The van der Waals surface area contributed by atoms with Gasteiger partial charge >= 0.3 is 0 Å². The van der Waals surface area contributed by atoms with Crippen LogP contribution >= 0.6 is 0 Å². The van der Waals surface area contributed by atoms with Crippen LogP contribution in [-0.4, -0.2) is 29.4 Å². The molecule has 2 aromatic heterocycles. The summed E-state index contributed by atoms with van der Waals surface area (Å²) in [7, 11) is 3.93. The van der Waals surface area contributed by atoms with Gasteiger partial charge in [-0.05, 0) is 42.8 Å². The van der Waals surface area contributed by atoms with Crippen molar-refractivity contribution >= 4 is 23.1 Å². The molecule has 3 rings (SSSR count). The van der Waals surface area contributed by atoms with Crippen molar-refractivity contribution in [2.24, 2.45) is 0 Å². The minimum absolute atomic E-state index is 0.162. The molecule has 112 valence electrons. The fraction of sp³-hybridized carbons (Fsp3) is 0.176. The molecular formula is C17H18N4O. The third-order valence-corrected chi connectivity index (χ3v) is 3.49. The largest absolute Gasteiger partial charge is 0.378 e. The maximum absolute atomic E-state index is 12.3. The predicted molar refractivity (Wildman–Crippen MR) is 88.7 cm³/mol. The van der Waals surface area contributed by atoms with Crippen LogP contribution in [-0.2, 0) is 0 Å². The van der Waals surface area contributed by atoms with Crippen molar-refractivity contribution in [3.8, 4) is 0 Å². The summed E-state index contributed by atoms with van der Waals surface area (Å²) in [4.78, 5) is 18.6. The molecule has 0 aliphatic carbocycles. The van der Waals surface area contributed by atoms with Crippen LogP contribution in [0.4, 0.5) is 11.5 Å². The van der Waals surface area contributed by atoms with Crippen molar-refractivity contribution in [2.45, 2.75) is 6.92 Å². The number of aryl methyl sites for hydroxylation is 1. The first-order valence-corrected chi connectivity index (χ1v) is 7.07. The highest BCUT2D eigenvalue weighted by atomic mass is 16.1. The fourth-order valence-electron chi connectivity index (χ4n) is 2.26. The number of anilines is 2. The van der Waals surface area contributed by atoms with Crippen LogP contribution in [0, 0.1) is 6.92 Å². The van der Waals surface area contributed by atoms with Gasteiger partial charge < -0.3 is 14.6 Å². The molecule has 1 aromatic carbocycles. The molecule has 0 unspecified atom stereocenters. The van der Waals surface area contributed by atoms with E-state index in [1.165, 1.54) is 0 Å². The third kappa shape index (κ3) is 2.79. The van der Waals surface area contributed by atoms with Crippen molar-refractivity contribution in [3.63, 3.8) is 0 Å². The maximum atomic E-state index is 12.3. The lowest BCUT2D eigenvalue weighted by Gasteiger charge is -2.12. The summed E-state index contributed by atoms with van der Waals surface area (Å²) < 4.78 is 1.90. The first-order valence-electron chi connectivity index (χ1n) is 7.07. The number of hydrogen-bond donors (Lipinski definition) is 1. The Bertz CT molecular complexity index is 818. The van der Waals surface area contributed by atoms with Gasteiger partial charge in [-0.1, -0.05) is 6.07 Å². The van der Waals surface area contributed by atoms with Gasteiger partial charge in [-0.2, -0.15) is 0 Å². The minimum atomic E-state index is -0.162. The van der Waals surface area contributed by atoms with Crippen molar-refractivity contribution in [1.29, 1.82) is 0 Å². The lowest BCUT2D eigenvalue weighted by atomic mass is 10.2. The molecule has 0 aliphatic rings. The van der Waals surface area contributed by atoms with Gasteiger partial charge in [0.05, 0.1) is 6.20 Å². The summed E-state index contributed by atoms with van der Waals surface area (Å²) in [5.74, 6) is 0.387. The molecule has 0 bridgehead atoms. The number of nitrogens with zero attached hydrogens (tertiary/aromatic N) is 3. The van der Waals surface area contributed by atoms with E-state index in [-0.39, 0.29) is 5.91 Å². The zero-order valence-electron chi connectivity index (χ0n) is 12.9. The first kappa shape index (κ1) is 14.1. The number of rotatable bonds is 3. The molecule has 0 spiro atoms. The Balaban J connectivity index is 1.80. The summed E-state index contributed by atoms with van der Waals surface area (Å²) in [6.45, 7) is 2.02.